The molecule has 2 aliphatic heterocycles. The molecule has 2 aromatic rings. The van der Waals surface area contributed by atoms with Crippen molar-refractivity contribution in [3.63, 3.8) is 0 Å². The van der Waals surface area contributed by atoms with Gasteiger partial charge in [0.05, 0.1) is 12.5 Å². The van der Waals surface area contributed by atoms with Gasteiger partial charge in [-0.1, -0.05) is 18.2 Å². The maximum absolute atomic E-state index is 12.6. The van der Waals surface area contributed by atoms with Gasteiger partial charge >= 0.3 is 0 Å². The molecule has 0 aliphatic carbocycles. The van der Waals surface area contributed by atoms with Gasteiger partial charge in [0, 0.05) is 55.4 Å². The topological polar surface area (TPSA) is 73.0 Å². The van der Waals surface area contributed by atoms with Crippen molar-refractivity contribution in [2.24, 2.45) is 5.92 Å². The lowest BCUT2D eigenvalue weighted by Gasteiger charge is -2.36. The molecule has 2 heterocycles. The number of carbonyl (C=O) groups is 3. The van der Waals surface area contributed by atoms with Crippen molar-refractivity contribution in [2.75, 3.05) is 55.3 Å². The van der Waals surface area contributed by atoms with Crippen LogP contribution in [0.15, 0.2) is 59.5 Å². The minimum atomic E-state index is -0.439. The first kappa shape index (κ1) is 22.2. The van der Waals surface area contributed by atoms with Crippen LogP contribution in [0.2, 0.25) is 0 Å². The Morgan fingerprint density at radius 2 is 1.66 bits per heavy atom. The summed E-state index contributed by atoms with van der Waals surface area (Å²) < 4.78 is 0. The zero-order valence-electron chi connectivity index (χ0n) is 18.2. The molecule has 8 heteroatoms. The molecule has 3 amide bonds. The lowest BCUT2D eigenvalue weighted by atomic mass is 10.1. The van der Waals surface area contributed by atoms with Gasteiger partial charge in [0.1, 0.15) is 0 Å². The van der Waals surface area contributed by atoms with E-state index in [1.165, 1.54) is 0 Å². The highest BCUT2D eigenvalue weighted by atomic mass is 32.2. The van der Waals surface area contributed by atoms with E-state index in [0.29, 0.717) is 19.6 Å². The molecule has 1 unspecified atom stereocenters. The van der Waals surface area contributed by atoms with Crippen molar-refractivity contribution in [1.82, 2.24) is 10.2 Å². The lowest BCUT2D eigenvalue weighted by molar-refractivity contribution is -0.134. The van der Waals surface area contributed by atoms with Crippen LogP contribution in [0.5, 0.6) is 0 Å². The third kappa shape index (κ3) is 5.07. The van der Waals surface area contributed by atoms with Crippen molar-refractivity contribution < 1.29 is 14.4 Å². The Labute approximate surface area is 192 Å². The first-order valence-corrected chi connectivity index (χ1v) is 12.1. The second-order valence-corrected chi connectivity index (χ2v) is 8.90. The first-order valence-electron chi connectivity index (χ1n) is 10.8. The minimum absolute atomic E-state index is 0.0305. The molecule has 0 radical (unpaired) electrons. The van der Waals surface area contributed by atoms with Crippen LogP contribution in [0.4, 0.5) is 11.4 Å². The van der Waals surface area contributed by atoms with Crippen LogP contribution in [0, 0.1) is 5.92 Å². The SMILES string of the molecule is CSc1ccc(N2CC(C(=O)NCC(=O)N3CCN(c4ccccc4)CC3)CC2=O)cc1. The van der Waals surface area contributed by atoms with E-state index in [1.807, 2.05) is 48.7 Å². The van der Waals surface area contributed by atoms with Crippen molar-refractivity contribution in [3.8, 4) is 0 Å². The molecule has 0 saturated carbocycles. The summed E-state index contributed by atoms with van der Waals surface area (Å²) in [7, 11) is 0. The highest BCUT2D eigenvalue weighted by molar-refractivity contribution is 7.98. The van der Waals surface area contributed by atoms with Crippen molar-refractivity contribution in [2.45, 2.75) is 11.3 Å². The molecule has 0 bridgehead atoms. The monoisotopic (exact) mass is 452 g/mol. The van der Waals surface area contributed by atoms with Crippen molar-refractivity contribution >= 4 is 40.9 Å². The molecule has 7 nitrogen and oxygen atoms in total. The molecule has 2 fully saturated rings. The number of anilines is 2. The summed E-state index contributed by atoms with van der Waals surface area (Å²) in [6, 6.07) is 17.9. The third-order valence-electron chi connectivity index (χ3n) is 6.05. The average Bonchev–Trinajstić information content (AvgIpc) is 3.24. The van der Waals surface area contributed by atoms with Crippen LogP contribution in [0.1, 0.15) is 6.42 Å². The maximum atomic E-state index is 12.6. The van der Waals surface area contributed by atoms with Crippen molar-refractivity contribution in [3.05, 3.63) is 54.6 Å². The number of amides is 3. The normalized spacial score (nSPS) is 18.7. The fourth-order valence-corrected chi connectivity index (χ4v) is 4.57. The molecule has 2 aromatic carbocycles. The van der Waals surface area contributed by atoms with Crippen molar-refractivity contribution in [1.29, 1.82) is 0 Å². The largest absolute Gasteiger partial charge is 0.368 e. The predicted octanol–water partition coefficient (Wildman–Crippen LogP) is 2.23. The number of para-hydroxylation sites is 1. The standard InChI is InChI=1S/C24H28N4O3S/c1-32-21-9-7-20(8-10-21)28-17-18(15-22(28)29)24(31)25-16-23(30)27-13-11-26(12-14-27)19-5-3-2-4-6-19/h2-10,18H,11-17H2,1H3,(H,25,31). The van der Waals surface area contributed by atoms with E-state index in [9.17, 15) is 14.4 Å². The van der Waals surface area contributed by atoms with Gasteiger partial charge in [-0.2, -0.15) is 0 Å². The molecular weight excluding hydrogens is 424 g/mol. The Kier molecular flexibility index (Phi) is 6.99. The molecule has 1 atom stereocenters. The summed E-state index contributed by atoms with van der Waals surface area (Å²) in [5.41, 5.74) is 1.96. The van der Waals surface area contributed by atoms with Crippen LogP contribution in [-0.4, -0.2) is 68.1 Å². The summed E-state index contributed by atoms with van der Waals surface area (Å²) in [6.07, 6.45) is 2.17. The molecule has 168 valence electrons. The van der Waals surface area contributed by atoms with Gasteiger partial charge < -0.3 is 20.0 Å². The fraction of sp³-hybridized carbons (Fsp3) is 0.375. The third-order valence-corrected chi connectivity index (χ3v) is 6.79. The quantitative estimate of drug-likeness (QED) is 0.681. The molecule has 4 rings (SSSR count). The molecule has 2 aliphatic rings. The van der Waals surface area contributed by atoms with Gasteiger partial charge in [-0.3, -0.25) is 14.4 Å². The van der Waals surface area contributed by atoms with E-state index in [4.69, 9.17) is 0 Å². The summed E-state index contributed by atoms with van der Waals surface area (Å²) in [6.45, 7) is 3.11. The number of nitrogens with one attached hydrogen (secondary N) is 1. The Morgan fingerprint density at radius 1 is 0.969 bits per heavy atom. The van der Waals surface area contributed by atoms with Gasteiger partial charge in [0.25, 0.3) is 0 Å². The fourth-order valence-electron chi connectivity index (χ4n) is 4.17. The smallest absolute Gasteiger partial charge is 0.242 e. The minimum Gasteiger partial charge on any atom is -0.368 e. The summed E-state index contributed by atoms with van der Waals surface area (Å²) in [5.74, 6) is -0.825. The Morgan fingerprint density at radius 3 is 2.31 bits per heavy atom. The van der Waals surface area contributed by atoms with E-state index >= 15 is 0 Å². The Hall–Kier alpha value is -3.00. The van der Waals surface area contributed by atoms with Gasteiger partial charge in [-0.15, -0.1) is 11.8 Å². The summed E-state index contributed by atoms with van der Waals surface area (Å²) >= 11 is 1.64. The van der Waals surface area contributed by atoms with Gasteiger partial charge in [0.2, 0.25) is 17.7 Å². The number of hydrogen-bond donors (Lipinski definition) is 1. The number of carbonyl (C=O) groups excluding carboxylic acids is 3. The van der Waals surface area contributed by atoms with Gasteiger partial charge in [-0.25, -0.2) is 0 Å². The van der Waals surface area contributed by atoms with E-state index < -0.39 is 5.92 Å². The zero-order valence-corrected chi connectivity index (χ0v) is 19.0. The Bertz CT molecular complexity index is 959. The molecule has 0 aromatic heterocycles. The maximum Gasteiger partial charge on any atom is 0.242 e. The average molecular weight is 453 g/mol. The van der Waals surface area contributed by atoms with E-state index in [2.05, 4.69) is 22.3 Å². The number of benzene rings is 2. The predicted molar refractivity (Wildman–Crippen MR) is 127 cm³/mol. The number of hydrogen-bond acceptors (Lipinski definition) is 5. The van der Waals surface area contributed by atoms with E-state index in [-0.39, 0.29) is 30.7 Å². The van der Waals surface area contributed by atoms with Crippen LogP contribution in [0.3, 0.4) is 0 Å². The van der Waals surface area contributed by atoms with Crippen LogP contribution in [0.25, 0.3) is 0 Å². The molecule has 2 saturated heterocycles. The molecular formula is C24H28N4O3S. The van der Waals surface area contributed by atoms with Gasteiger partial charge in [-0.05, 0) is 42.7 Å². The molecule has 0 spiro atoms. The number of nitrogens with zero attached hydrogens (tertiary/aromatic N) is 3. The Balaban J connectivity index is 1.24. The number of piperazine rings is 1. The van der Waals surface area contributed by atoms with E-state index in [0.717, 1.165) is 29.4 Å². The first-order chi connectivity index (χ1) is 15.5. The number of thioether (sulfide) groups is 1. The summed E-state index contributed by atoms with van der Waals surface area (Å²) in [4.78, 5) is 44.5. The van der Waals surface area contributed by atoms with Crippen LogP contribution < -0.4 is 15.1 Å². The van der Waals surface area contributed by atoms with Gasteiger partial charge in [0.15, 0.2) is 0 Å². The lowest BCUT2D eigenvalue weighted by Crippen LogP contribution is -2.51. The van der Waals surface area contributed by atoms with Crippen LogP contribution >= 0.6 is 11.8 Å². The highest BCUT2D eigenvalue weighted by Crippen LogP contribution is 2.27. The van der Waals surface area contributed by atoms with Crippen LogP contribution in [-0.2, 0) is 14.4 Å². The molecule has 32 heavy (non-hydrogen) atoms. The molecule has 1 N–H and O–H groups in total. The second-order valence-electron chi connectivity index (χ2n) is 8.02. The second kappa shape index (κ2) is 10.1. The number of rotatable bonds is 6. The summed E-state index contributed by atoms with van der Waals surface area (Å²) in [5, 5.41) is 2.75. The van der Waals surface area contributed by atoms with E-state index in [1.54, 1.807) is 21.6 Å². The highest BCUT2D eigenvalue weighted by Gasteiger charge is 2.35. The zero-order chi connectivity index (χ0) is 22.5.